The average molecular weight is 330 g/mol. The molecule has 122 valence electrons. The molecule has 0 radical (unpaired) electrons. The Hall–Kier alpha value is -1.02. The second-order valence-electron chi connectivity index (χ2n) is 5.48. The Balaban J connectivity index is 0.00000220. The topological polar surface area (TPSA) is 75.4 Å². The lowest BCUT2D eigenvalue weighted by atomic mass is 10.1. The van der Waals surface area contributed by atoms with Gasteiger partial charge in [-0.3, -0.25) is 9.59 Å². The van der Waals surface area contributed by atoms with E-state index >= 15 is 0 Å². The van der Waals surface area contributed by atoms with Crippen molar-refractivity contribution in [2.24, 2.45) is 17.6 Å². The molecule has 0 aromatic rings. The van der Waals surface area contributed by atoms with Crippen LogP contribution < -0.4 is 11.1 Å². The second kappa shape index (κ2) is 6.83. The number of likely N-dealkylation sites (tertiary alicyclic amines) is 1. The van der Waals surface area contributed by atoms with Crippen LogP contribution in [0.3, 0.4) is 0 Å². The van der Waals surface area contributed by atoms with Gasteiger partial charge in [-0.1, -0.05) is 0 Å². The monoisotopic (exact) mass is 329 g/mol. The zero-order valence-corrected chi connectivity index (χ0v) is 12.2. The van der Waals surface area contributed by atoms with E-state index in [1.54, 1.807) is 0 Å². The molecule has 1 heterocycles. The summed E-state index contributed by atoms with van der Waals surface area (Å²) in [4.78, 5) is 24.2. The van der Waals surface area contributed by atoms with Gasteiger partial charge in [0.05, 0.1) is 5.92 Å². The molecule has 0 bridgehead atoms. The highest BCUT2D eigenvalue weighted by molar-refractivity contribution is 5.89. The summed E-state index contributed by atoms with van der Waals surface area (Å²) < 4.78 is 36.8. The maximum absolute atomic E-state index is 12.3. The highest BCUT2D eigenvalue weighted by Crippen LogP contribution is 2.32. The van der Waals surface area contributed by atoms with Crippen LogP contribution in [0, 0.1) is 11.8 Å². The van der Waals surface area contributed by atoms with Crippen LogP contribution in [0.15, 0.2) is 0 Å². The molecular formula is C12H19ClF3N3O2. The quantitative estimate of drug-likeness (QED) is 0.778. The lowest BCUT2D eigenvalue weighted by molar-refractivity contribution is -0.157. The smallest absolute Gasteiger partial charge is 0.352 e. The third-order valence-corrected chi connectivity index (χ3v) is 3.73. The molecule has 0 aromatic carbocycles. The van der Waals surface area contributed by atoms with Crippen LogP contribution in [0.1, 0.15) is 19.3 Å². The van der Waals surface area contributed by atoms with E-state index in [-0.39, 0.29) is 37.3 Å². The SMILES string of the molecule is Cl.NCC(NC(=O)C1CC(=O)N(CC(F)(F)F)C1)C1CC1. The Morgan fingerprint density at radius 2 is 2.05 bits per heavy atom. The van der Waals surface area contributed by atoms with Gasteiger partial charge in [0.1, 0.15) is 6.54 Å². The number of nitrogens with one attached hydrogen (secondary N) is 1. The Morgan fingerprint density at radius 3 is 2.52 bits per heavy atom. The van der Waals surface area contributed by atoms with Gasteiger partial charge in [0.15, 0.2) is 0 Å². The van der Waals surface area contributed by atoms with Crippen LogP contribution in [-0.2, 0) is 9.59 Å². The van der Waals surface area contributed by atoms with Crippen molar-refractivity contribution in [2.75, 3.05) is 19.6 Å². The maximum Gasteiger partial charge on any atom is 0.406 e. The zero-order chi connectivity index (χ0) is 14.9. The number of carbonyl (C=O) groups is 2. The summed E-state index contributed by atoms with van der Waals surface area (Å²) in [5, 5.41) is 2.75. The summed E-state index contributed by atoms with van der Waals surface area (Å²) in [6.07, 6.45) is -2.59. The van der Waals surface area contributed by atoms with Gasteiger partial charge in [0, 0.05) is 25.6 Å². The molecule has 3 N–H and O–H groups in total. The number of nitrogens with zero attached hydrogens (tertiary/aromatic N) is 1. The molecular weight excluding hydrogens is 311 g/mol. The summed E-state index contributed by atoms with van der Waals surface area (Å²) >= 11 is 0. The molecule has 5 nitrogen and oxygen atoms in total. The highest BCUT2D eigenvalue weighted by Gasteiger charge is 2.41. The lowest BCUT2D eigenvalue weighted by Gasteiger charge is -2.20. The van der Waals surface area contributed by atoms with Gasteiger partial charge in [-0.15, -0.1) is 12.4 Å². The van der Waals surface area contributed by atoms with Crippen molar-refractivity contribution in [3.05, 3.63) is 0 Å². The first kappa shape index (κ1) is 18.0. The van der Waals surface area contributed by atoms with Crippen LogP contribution in [0.25, 0.3) is 0 Å². The van der Waals surface area contributed by atoms with E-state index in [2.05, 4.69) is 5.32 Å². The van der Waals surface area contributed by atoms with Crippen LogP contribution >= 0.6 is 12.4 Å². The van der Waals surface area contributed by atoms with Gasteiger partial charge in [-0.25, -0.2) is 0 Å². The van der Waals surface area contributed by atoms with E-state index in [1.165, 1.54) is 0 Å². The van der Waals surface area contributed by atoms with Crippen molar-refractivity contribution >= 4 is 24.2 Å². The maximum atomic E-state index is 12.3. The normalized spacial score (nSPS) is 23.7. The third-order valence-electron chi connectivity index (χ3n) is 3.73. The molecule has 2 atom stereocenters. The minimum absolute atomic E-state index is 0. The van der Waals surface area contributed by atoms with Crippen LogP contribution in [-0.4, -0.2) is 48.6 Å². The van der Waals surface area contributed by atoms with Crippen LogP contribution in [0.5, 0.6) is 0 Å². The first-order valence-corrected chi connectivity index (χ1v) is 6.65. The molecule has 2 rings (SSSR count). The fourth-order valence-corrected chi connectivity index (χ4v) is 2.49. The molecule has 9 heteroatoms. The fraction of sp³-hybridized carbons (Fsp3) is 0.833. The van der Waals surface area contributed by atoms with Crippen molar-refractivity contribution in [2.45, 2.75) is 31.5 Å². The summed E-state index contributed by atoms with van der Waals surface area (Å²) in [6.45, 7) is -1.16. The van der Waals surface area contributed by atoms with Crippen LogP contribution in [0.2, 0.25) is 0 Å². The molecule has 1 aliphatic heterocycles. The largest absolute Gasteiger partial charge is 0.406 e. The number of amides is 2. The van der Waals surface area contributed by atoms with E-state index in [9.17, 15) is 22.8 Å². The molecule has 1 aliphatic carbocycles. The minimum atomic E-state index is -4.44. The summed E-state index contributed by atoms with van der Waals surface area (Å²) in [5.41, 5.74) is 5.56. The Kier molecular flexibility index (Phi) is 5.86. The van der Waals surface area contributed by atoms with Crippen molar-refractivity contribution in [3.63, 3.8) is 0 Å². The molecule has 2 fully saturated rings. The second-order valence-corrected chi connectivity index (χ2v) is 5.48. The van der Waals surface area contributed by atoms with E-state index in [4.69, 9.17) is 5.73 Å². The van der Waals surface area contributed by atoms with Crippen molar-refractivity contribution in [1.82, 2.24) is 10.2 Å². The fourth-order valence-electron chi connectivity index (χ4n) is 2.49. The van der Waals surface area contributed by atoms with Crippen molar-refractivity contribution < 1.29 is 22.8 Å². The average Bonchev–Trinajstić information content (AvgIpc) is 3.11. The first-order chi connectivity index (χ1) is 9.30. The molecule has 0 aromatic heterocycles. The number of carbonyl (C=O) groups excluding carboxylic acids is 2. The van der Waals surface area contributed by atoms with E-state index < -0.39 is 24.5 Å². The molecule has 2 aliphatic rings. The molecule has 1 saturated heterocycles. The number of nitrogens with two attached hydrogens (primary N) is 1. The molecule has 21 heavy (non-hydrogen) atoms. The van der Waals surface area contributed by atoms with Gasteiger partial charge < -0.3 is 16.0 Å². The number of hydrogen-bond donors (Lipinski definition) is 2. The predicted molar refractivity (Wildman–Crippen MR) is 71.7 cm³/mol. The van der Waals surface area contributed by atoms with Gasteiger partial charge >= 0.3 is 6.18 Å². The number of hydrogen-bond acceptors (Lipinski definition) is 3. The standard InChI is InChI=1S/C12H18F3N3O2.ClH/c13-12(14,15)6-18-5-8(3-10(18)19)11(20)17-9(4-16)7-1-2-7;/h7-9H,1-6,16H2,(H,17,20);1H. The lowest BCUT2D eigenvalue weighted by Crippen LogP contribution is -2.45. The van der Waals surface area contributed by atoms with Gasteiger partial charge in [-0.05, 0) is 18.8 Å². The van der Waals surface area contributed by atoms with E-state index in [0.717, 1.165) is 12.8 Å². The van der Waals surface area contributed by atoms with Gasteiger partial charge in [-0.2, -0.15) is 13.2 Å². The predicted octanol–water partition coefficient (Wildman–Crippen LogP) is 0.672. The van der Waals surface area contributed by atoms with E-state index in [1.807, 2.05) is 0 Å². The molecule has 1 saturated carbocycles. The number of rotatable bonds is 5. The third kappa shape index (κ3) is 5.03. The van der Waals surface area contributed by atoms with Gasteiger partial charge in [0.25, 0.3) is 0 Å². The zero-order valence-electron chi connectivity index (χ0n) is 11.4. The summed E-state index contributed by atoms with van der Waals surface area (Å²) in [6, 6.07) is -0.130. The van der Waals surface area contributed by atoms with Gasteiger partial charge in [0.2, 0.25) is 11.8 Å². The highest BCUT2D eigenvalue weighted by atomic mass is 35.5. The molecule has 2 amide bonds. The van der Waals surface area contributed by atoms with Crippen LogP contribution in [0.4, 0.5) is 13.2 Å². The Morgan fingerprint density at radius 1 is 1.43 bits per heavy atom. The first-order valence-electron chi connectivity index (χ1n) is 6.65. The molecule has 0 spiro atoms. The summed E-state index contributed by atoms with van der Waals surface area (Å²) in [5.74, 6) is -1.34. The number of halogens is 4. The molecule has 2 unspecified atom stereocenters. The van der Waals surface area contributed by atoms with Crippen molar-refractivity contribution in [3.8, 4) is 0 Å². The van der Waals surface area contributed by atoms with Crippen molar-refractivity contribution in [1.29, 1.82) is 0 Å². The Labute approximate surface area is 126 Å². The minimum Gasteiger partial charge on any atom is -0.352 e. The summed E-state index contributed by atoms with van der Waals surface area (Å²) in [7, 11) is 0. The van der Waals surface area contributed by atoms with E-state index in [0.29, 0.717) is 17.4 Å². The number of alkyl halides is 3. The Bertz CT molecular complexity index is 402.